The van der Waals surface area contributed by atoms with Gasteiger partial charge in [0.2, 0.25) is 0 Å². The highest BCUT2D eigenvalue weighted by atomic mass is 16.5. The molecule has 2 amide bonds. The first-order valence-electron chi connectivity index (χ1n) is 21.8. The number of aliphatic hydroxyl groups excluding tert-OH is 3. The molecule has 4 aliphatic rings. The number of ether oxygens (including phenoxy) is 1. The Morgan fingerprint density at radius 2 is 1.60 bits per heavy atom. The lowest BCUT2D eigenvalue weighted by Gasteiger charge is -2.60. The van der Waals surface area contributed by atoms with E-state index in [1.807, 2.05) is 59.7 Å². The monoisotopic (exact) mass is 833 g/mol. The molecule has 0 unspecified atom stereocenters. The van der Waals surface area contributed by atoms with Gasteiger partial charge >= 0.3 is 0 Å². The third-order valence-corrected chi connectivity index (χ3v) is 14.8. The maximum atomic E-state index is 13.2. The van der Waals surface area contributed by atoms with E-state index in [9.17, 15) is 39.9 Å². The Kier molecular flexibility index (Phi) is 13.7. The topological polar surface area (TPSA) is 177 Å². The summed E-state index contributed by atoms with van der Waals surface area (Å²) in [7, 11) is 1.56. The predicted molar refractivity (Wildman–Crippen MR) is 232 cm³/mol. The van der Waals surface area contributed by atoms with E-state index in [-0.39, 0.29) is 47.7 Å². The molecule has 2 aromatic rings. The third-order valence-electron chi connectivity index (χ3n) is 14.8. The van der Waals surface area contributed by atoms with Gasteiger partial charge in [-0.15, -0.1) is 0 Å². The summed E-state index contributed by atoms with van der Waals surface area (Å²) in [6.07, 6.45) is 4.06. The summed E-state index contributed by atoms with van der Waals surface area (Å²) in [5, 5.41) is 55.3. The zero-order valence-corrected chi connectivity index (χ0v) is 38.1. The highest BCUT2D eigenvalue weighted by Crippen LogP contribution is 2.68. The number of nitrogens with zero attached hydrogens (tertiary/aromatic N) is 1. The van der Waals surface area contributed by atoms with Gasteiger partial charge in [0.1, 0.15) is 5.75 Å². The molecule has 0 saturated heterocycles. The largest absolute Gasteiger partial charge is 0.496 e. The van der Waals surface area contributed by atoms with E-state index in [0.29, 0.717) is 42.6 Å². The number of benzene rings is 2. The van der Waals surface area contributed by atoms with Gasteiger partial charge in [-0.05, 0) is 166 Å². The first-order valence-corrected chi connectivity index (χ1v) is 21.8. The van der Waals surface area contributed by atoms with Gasteiger partial charge in [0.25, 0.3) is 11.8 Å². The molecular formula is C49H72N2O9. The summed E-state index contributed by atoms with van der Waals surface area (Å²) in [5.41, 5.74) is 3.93. The maximum Gasteiger partial charge on any atom is 0.272 e. The number of hydrazine groups is 1. The number of carbonyl (C=O) groups excluding carboxylic acids is 3. The third kappa shape index (κ3) is 9.12. The molecule has 11 heteroatoms. The van der Waals surface area contributed by atoms with Crippen LogP contribution in [0.15, 0.2) is 48.0 Å². The number of amides is 2. The molecule has 0 bridgehead atoms. The number of nitrogens with one attached hydrogen (secondary N) is 1. The van der Waals surface area contributed by atoms with Crippen molar-refractivity contribution in [2.75, 3.05) is 7.11 Å². The fourth-order valence-electron chi connectivity index (χ4n) is 11.3. The summed E-state index contributed by atoms with van der Waals surface area (Å²) in [6, 6.07) is 10.9. The lowest BCUT2D eigenvalue weighted by atomic mass is 9.46. The van der Waals surface area contributed by atoms with Crippen molar-refractivity contribution in [3.05, 3.63) is 75.9 Å². The van der Waals surface area contributed by atoms with Crippen LogP contribution in [0.4, 0.5) is 0 Å². The summed E-state index contributed by atoms with van der Waals surface area (Å²) < 4.78 is 5.29. The quantitative estimate of drug-likeness (QED) is 0.154. The number of fused-ring (bicyclic) bond motifs is 5. The fraction of sp³-hybridized carbons (Fsp3) is 0.653. The van der Waals surface area contributed by atoms with Crippen molar-refractivity contribution in [3.8, 4) is 5.75 Å². The van der Waals surface area contributed by atoms with E-state index in [1.54, 1.807) is 45.2 Å². The molecule has 0 radical (unpaired) electrons. The smallest absolute Gasteiger partial charge is 0.272 e. The number of allylic oxidation sites excluding steroid dienone is 1. The Hall–Kier alpha value is -3.61. The van der Waals surface area contributed by atoms with Gasteiger partial charge in [-0.25, -0.2) is 5.01 Å². The number of carbonyl (C=O) groups is 3. The van der Waals surface area contributed by atoms with Gasteiger partial charge in [-0.3, -0.25) is 19.8 Å². The van der Waals surface area contributed by atoms with Gasteiger partial charge in [-0.1, -0.05) is 44.0 Å². The second-order valence-corrected chi connectivity index (χ2v) is 20.7. The van der Waals surface area contributed by atoms with E-state index in [2.05, 4.69) is 26.2 Å². The van der Waals surface area contributed by atoms with E-state index in [4.69, 9.17) is 4.74 Å². The molecule has 10 atom stereocenters. The maximum absolute atomic E-state index is 13.2. The van der Waals surface area contributed by atoms with Crippen LogP contribution in [-0.4, -0.2) is 90.3 Å². The van der Waals surface area contributed by atoms with Crippen molar-refractivity contribution in [1.29, 1.82) is 0 Å². The van der Waals surface area contributed by atoms with Gasteiger partial charge < -0.3 is 30.3 Å². The van der Waals surface area contributed by atoms with Crippen LogP contribution >= 0.6 is 0 Å². The van der Waals surface area contributed by atoms with Crippen LogP contribution in [0.25, 0.3) is 0 Å². The number of rotatable bonds is 8. The SMILES string of the molecule is COc1cccc(C(=O)NN(C(=O)c2cc(C)cc(C)c2)C(C)(C)C)c1C.C[C@H]([C@H](O)CCC(C)(C)O)[C@H]1CC[C@@]2(O)C3=CC(=O)[C@@H]4C[C@@H](O)[C@@H](O)C[C@]4(C)[C@H]3CC[C@]12C. The normalized spacial score (nSPS) is 31.0. The zero-order valence-electron chi connectivity index (χ0n) is 38.1. The molecule has 6 N–H and O–H groups in total. The van der Waals surface area contributed by atoms with Crippen molar-refractivity contribution < 1.29 is 44.7 Å². The molecule has 332 valence electrons. The van der Waals surface area contributed by atoms with Crippen LogP contribution in [-0.2, 0) is 4.79 Å². The Balaban J connectivity index is 0.000000233. The van der Waals surface area contributed by atoms with Crippen molar-refractivity contribution in [3.63, 3.8) is 0 Å². The van der Waals surface area contributed by atoms with Crippen molar-refractivity contribution in [2.45, 2.75) is 163 Å². The number of hydrogen-bond donors (Lipinski definition) is 6. The molecule has 3 fully saturated rings. The second kappa shape index (κ2) is 17.3. The summed E-state index contributed by atoms with van der Waals surface area (Å²) in [5.74, 6) is -0.229. The lowest BCUT2D eigenvalue weighted by molar-refractivity contribution is -0.154. The number of hydrogen-bond acceptors (Lipinski definition) is 9. The minimum absolute atomic E-state index is 0.00888. The molecule has 3 saturated carbocycles. The molecule has 11 nitrogen and oxygen atoms in total. The van der Waals surface area contributed by atoms with Crippen LogP contribution in [0.1, 0.15) is 144 Å². The predicted octanol–water partition coefficient (Wildman–Crippen LogP) is 6.95. The van der Waals surface area contributed by atoms with Crippen LogP contribution < -0.4 is 10.2 Å². The average Bonchev–Trinajstić information content (AvgIpc) is 3.43. The van der Waals surface area contributed by atoms with Crippen LogP contribution in [0.5, 0.6) is 5.75 Å². The number of aliphatic hydroxyl groups is 5. The van der Waals surface area contributed by atoms with Crippen LogP contribution in [0.3, 0.4) is 0 Å². The van der Waals surface area contributed by atoms with Gasteiger partial charge in [0.15, 0.2) is 5.78 Å². The first-order chi connectivity index (χ1) is 27.7. The summed E-state index contributed by atoms with van der Waals surface area (Å²) in [4.78, 5) is 39.3. The number of methoxy groups -OCH3 is 1. The minimum Gasteiger partial charge on any atom is -0.496 e. The highest BCUT2D eigenvalue weighted by molar-refractivity contribution is 6.00. The molecule has 2 aromatic carbocycles. The molecular weight excluding hydrogens is 761 g/mol. The minimum atomic E-state index is -1.10. The zero-order chi connectivity index (χ0) is 44.9. The number of aryl methyl sites for hydroxylation is 2. The average molecular weight is 833 g/mol. The molecule has 4 aliphatic carbocycles. The standard InChI is InChI=1S/C27H44O6.C22H28N2O3/c1-15(20(28)8-9-24(2,3)32)16-7-11-27(33)18-12-21(29)19-13-22(30)23(31)14-25(19,4)17(18)6-10-26(16,27)5;1-14-11-15(2)13-17(12-14)21(26)24(22(4,5)6)23-20(25)18-9-8-10-19(27-7)16(18)3/h12,15-17,19-20,22-23,28,30-33H,6-11,13-14H2,1-5H3;8-13H,1-7H3,(H,23,25)/t15-,16+,17-,19-,20+,22+,23-,25+,26+,27+;/m0./s1. The molecule has 0 aliphatic heterocycles. The Labute approximate surface area is 357 Å². The first kappa shape index (κ1) is 47.4. The van der Waals surface area contributed by atoms with Gasteiger partial charge in [0, 0.05) is 28.0 Å². The molecule has 6 rings (SSSR count). The van der Waals surface area contributed by atoms with E-state index < -0.39 is 45.9 Å². The fourth-order valence-corrected chi connectivity index (χ4v) is 11.3. The second-order valence-electron chi connectivity index (χ2n) is 20.7. The van der Waals surface area contributed by atoms with Crippen molar-refractivity contribution in [2.24, 2.45) is 34.5 Å². The molecule has 0 aromatic heterocycles. The Morgan fingerprint density at radius 3 is 2.18 bits per heavy atom. The van der Waals surface area contributed by atoms with Crippen LogP contribution in [0, 0.1) is 55.3 Å². The van der Waals surface area contributed by atoms with Crippen LogP contribution in [0.2, 0.25) is 0 Å². The van der Waals surface area contributed by atoms with Gasteiger partial charge in [-0.2, -0.15) is 0 Å². The Morgan fingerprint density at radius 1 is 0.967 bits per heavy atom. The van der Waals surface area contributed by atoms with Gasteiger partial charge in [0.05, 0.1) is 42.2 Å². The van der Waals surface area contributed by atoms with E-state index in [1.165, 1.54) is 5.01 Å². The summed E-state index contributed by atoms with van der Waals surface area (Å²) >= 11 is 0. The van der Waals surface area contributed by atoms with E-state index >= 15 is 0 Å². The summed E-state index contributed by atoms with van der Waals surface area (Å²) in [6.45, 7) is 21.1. The Bertz CT molecular complexity index is 1940. The van der Waals surface area contributed by atoms with E-state index in [0.717, 1.165) is 41.5 Å². The molecule has 60 heavy (non-hydrogen) atoms. The number of ketones is 1. The highest BCUT2D eigenvalue weighted by Gasteiger charge is 2.67. The van der Waals surface area contributed by atoms with Crippen molar-refractivity contribution >= 4 is 17.6 Å². The lowest BCUT2D eigenvalue weighted by Crippen LogP contribution is -2.61. The van der Waals surface area contributed by atoms with Crippen molar-refractivity contribution in [1.82, 2.24) is 10.4 Å². The molecule has 0 heterocycles. The molecule has 0 spiro atoms.